The van der Waals surface area contributed by atoms with Gasteiger partial charge in [0.2, 0.25) is 0 Å². The van der Waals surface area contributed by atoms with Crippen LogP contribution >= 0.6 is 0 Å². The number of urea groups is 1. The normalized spacial score (nSPS) is 11.3. The Balaban J connectivity index is 0.652. The van der Waals surface area contributed by atoms with Gasteiger partial charge in [-0.25, -0.2) is 19.0 Å². The molecule has 8 rings (SSSR count). The lowest BCUT2D eigenvalue weighted by molar-refractivity contribution is -0.137. The number of aryl methyl sites for hydroxylation is 1. The van der Waals surface area contributed by atoms with Crippen LogP contribution in [-0.4, -0.2) is 125 Å². The molecule has 0 unspecified atom stereocenters. The summed E-state index contributed by atoms with van der Waals surface area (Å²) in [5.74, 6) is -0.977. The first kappa shape index (κ1) is 68.8. The van der Waals surface area contributed by atoms with Crippen LogP contribution in [0.5, 0.6) is 0 Å². The van der Waals surface area contributed by atoms with Crippen LogP contribution in [0.1, 0.15) is 100 Å². The quantitative estimate of drug-likeness (QED) is 0.0193. The summed E-state index contributed by atoms with van der Waals surface area (Å²) in [6, 6.07) is 33.6. The molecule has 0 atom stereocenters. The van der Waals surface area contributed by atoms with Gasteiger partial charge in [-0.3, -0.25) is 33.1 Å². The molecule has 0 aliphatic rings. The molecule has 4 heterocycles. The van der Waals surface area contributed by atoms with Crippen LogP contribution in [0.2, 0.25) is 0 Å². The largest absolute Gasteiger partial charge is 0.416 e. The van der Waals surface area contributed by atoms with Gasteiger partial charge in [-0.15, -0.1) is 0 Å². The molecule has 0 spiro atoms. The molecule has 0 radical (unpaired) electrons. The van der Waals surface area contributed by atoms with E-state index in [-0.39, 0.29) is 106 Å². The van der Waals surface area contributed by atoms with Crippen LogP contribution < -0.4 is 27.1 Å². The van der Waals surface area contributed by atoms with Crippen molar-refractivity contribution in [2.45, 2.75) is 78.3 Å². The van der Waals surface area contributed by atoms with Crippen molar-refractivity contribution in [3.8, 4) is 51.3 Å². The van der Waals surface area contributed by atoms with Gasteiger partial charge in [0.15, 0.2) is 11.5 Å². The van der Waals surface area contributed by atoms with E-state index in [2.05, 4.69) is 37.1 Å². The molecule has 3 amide bonds. The molecular weight excluding hydrogens is 1200 g/mol. The van der Waals surface area contributed by atoms with Crippen LogP contribution in [0, 0.1) is 38.7 Å². The van der Waals surface area contributed by atoms with Gasteiger partial charge in [-0.1, -0.05) is 36.8 Å². The van der Waals surface area contributed by atoms with Gasteiger partial charge >= 0.3 is 12.2 Å². The summed E-state index contributed by atoms with van der Waals surface area (Å²) in [5, 5.41) is 26.5. The van der Waals surface area contributed by atoms with Crippen molar-refractivity contribution in [2.24, 2.45) is 0 Å². The predicted molar refractivity (Wildman–Crippen MR) is 343 cm³/mol. The fourth-order valence-electron chi connectivity index (χ4n) is 10.3. The summed E-state index contributed by atoms with van der Waals surface area (Å²) in [7, 11) is 0. The number of benzene rings is 4. The van der Waals surface area contributed by atoms with Crippen molar-refractivity contribution in [1.29, 1.82) is 5.26 Å². The number of Topliss-reactive ketones (excluding diaryl/α,β-unsaturated/α-hetero) is 2. The van der Waals surface area contributed by atoms with Crippen LogP contribution in [0.15, 0.2) is 143 Å². The van der Waals surface area contributed by atoms with Gasteiger partial charge in [0.1, 0.15) is 11.3 Å². The number of alkyl halides is 3. The van der Waals surface area contributed by atoms with E-state index in [0.29, 0.717) is 108 Å². The molecule has 8 aromatic rings. The second-order valence-corrected chi connectivity index (χ2v) is 21.7. The standard InChI is InChI=1S/C69H72F3N11O10/c1-47-12-8-14-55(42-47)80-48(2)58(62-27-30-78-82(62)53-23-19-50(46-73)20-24-53)44-60(66(80)87)64(85)18-11-35-91-39-41-93-37-33-77-68(89)76-29-7-5-6-16-57(84)17-10-34-90-38-40-92-36-32-75-65(86)61-45-59(63-28-31-79-83(63)54-25-21-52(74-4)22-26-54)49(3)81(67(61)88)56-15-9-13-51(43-56)69(70,71)72/h8-9,12-15,19-28,30-31,42-45H,5-7,10-11,16-18,29,32-41H2,1-3H3,(H,75,86)(H2,76,77,89). The molecule has 0 saturated carbocycles. The van der Waals surface area contributed by atoms with Crippen LogP contribution in [0.25, 0.3) is 50.1 Å². The Hall–Kier alpha value is -10.1. The Morgan fingerprint density at radius 2 is 1.08 bits per heavy atom. The van der Waals surface area contributed by atoms with Crippen LogP contribution in [0.4, 0.5) is 23.7 Å². The summed E-state index contributed by atoms with van der Waals surface area (Å²) in [6.07, 6.45) is 2.34. The number of hydrogen-bond donors (Lipinski definition) is 3. The second-order valence-electron chi connectivity index (χ2n) is 21.7. The number of ether oxygens (including phenoxy) is 4. The number of aromatic nitrogens is 6. The number of hydrogen-bond acceptors (Lipinski definition) is 13. The van der Waals surface area contributed by atoms with Crippen molar-refractivity contribution < 1.29 is 51.3 Å². The molecule has 4 aromatic carbocycles. The summed E-state index contributed by atoms with van der Waals surface area (Å²) in [4.78, 5) is 83.6. The first-order chi connectivity index (χ1) is 45.0. The maximum atomic E-state index is 14.1. The van der Waals surface area contributed by atoms with Crippen LogP contribution in [0.3, 0.4) is 0 Å². The number of nitrogens with one attached hydrogen (secondary N) is 3. The summed E-state index contributed by atoms with van der Waals surface area (Å²) in [5.41, 5.74) is 4.20. The minimum Gasteiger partial charge on any atom is -0.379 e. The zero-order valence-electron chi connectivity index (χ0n) is 51.9. The average molecular weight is 1270 g/mol. The third-order valence-electron chi connectivity index (χ3n) is 15.1. The minimum atomic E-state index is -4.69. The van der Waals surface area contributed by atoms with Crippen LogP contribution in [-0.2, 0) is 29.9 Å². The molecule has 0 saturated heterocycles. The molecule has 0 bridgehead atoms. The van der Waals surface area contributed by atoms with Gasteiger partial charge < -0.3 is 34.9 Å². The number of nitriles is 1. The fraction of sp³-hybridized carbons (Fsp3) is 0.333. The van der Waals surface area contributed by atoms with Crippen molar-refractivity contribution >= 4 is 29.2 Å². The van der Waals surface area contributed by atoms with Gasteiger partial charge in [0.05, 0.1) is 104 Å². The number of nitrogens with zero attached hydrogens (tertiary/aromatic N) is 8. The molecule has 93 heavy (non-hydrogen) atoms. The maximum Gasteiger partial charge on any atom is 0.416 e. The zero-order chi connectivity index (χ0) is 66.3. The summed E-state index contributed by atoms with van der Waals surface area (Å²) < 4.78 is 69.9. The van der Waals surface area contributed by atoms with E-state index >= 15 is 0 Å². The monoisotopic (exact) mass is 1270 g/mol. The highest BCUT2D eigenvalue weighted by Crippen LogP contribution is 2.33. The number of unbranched alkanes of at least 4 members (excludes halogenated alkanes) is 2. The lowest BCUT2D eigenvalue weighted by atomic mass is 10.0. The van der Waals surface area contributed by atoms with E-state index in [0.717, 1.165) is 28.7 Å². The molecule has 21 nitrogen and oxygen atoms in total. The van der Waals surface area contributed by atoms with E-state index in [1.807, 2.05) is 44.2 Å². The minimum absolute atomic E-state index is 0.00232. The van der Waals surface area contributed by atoms with Gasteiger partial charge in [-0.05, 0) is 143 Å². The molecule has 24 heteroatoms. The Labute approximate surface area is 535 Å². The van der Waals surface area contributed by atoms with Gasteiger partial charge in [0, 0.05) is 86.0 Å². The number of carbonyl (C=O) groups is 4. The average Bonchev–Trinajstić information content (AvgIpc) is 1.77. The predicted octanol–water partition coefficient (Wildman–Crippen LogP) is 10.7. The highest BCUT2D eigenvalue weighted by Gasteiger charge is 2.31. The molecule has 4 aromatic heterocycles. The Bertz CT molecular complexity index is 4100. The van der Waals surface area contributed by atoms with Crippen molar-refractivity contribution in [3.05, 3.63) is 205 Å². The number of ketones is 2. The van der Waals surface area contributed by atoms with E-state index in [1.165, 1.54) is 24.4 Å². The molecule has 0 aliphatic carbocycles. The third kappa shape index (κ3) is 18.8. The maximum absolute atomic E-state index is 14.1. The summed E-state index contributed by atoms with van der Waals surface area (Å²) in [6.45, 7) is 15.2. The number of rotatable bonds is 34. The molecule has 0 aliphatic heterocycles. The number of halogens is 3. The highest BCUT2D eigenvalue weighted by atomic mass is 19.4. The van der Waals surface area contributed by atoms with E-state index in [1.54, 1.807) is 87.7 Å². The number of pyridine rings is 2. The summed E-state index contributed by atoms with van der Waals surface area (Å²) >= 11 is 0. The lowest BCUT2D eigenvalue weighted by Crippen LogP contribution is -2.37. The molecule has 484 valence electrons. The molecule has 0 fully saturated rings. The number of carbonyl (C=O) groups excluding carboxylic acids is 4. The van der Waals surface area contributed by atoms with E-state index < -0.39 is 28.8 Å². The van der Waals surface area contributed by atoms with Crippen molar-refractivity contribution in [3.63, 3.8) is 0 Å². The lowest BCUT2D eigenvalue weighted by Gasteiger charge is -2.19. The zero-order valence-corrected chi connectivity index (χ0v) is 51.9. The Morgan fingerprint density at radius 3 is 1.66 bits per heavy atom. The van der Waals surface area contributed by atoms with Crippen molar-refractivity contribution in [2.75, 3.05) is 72.5 Å². The third-order valence-corrected chi connectivity index (χ3v) is 15.1. The fourth-order valence-corrected chi connectivity index (χ4v) is 10.3. The van der Waals surface area contributed by atoms with Gasteiger partial charge in [-0.2, -0.15) is 28.6 Å². The number of amides is 3. The first-order valence-corrected chi connectivity index (χ1v) is 30.5. The smallest absolute Gasteiger partial charge is 0.379 e. The first-order valence-electron chi connectivity index (χ1n) is 30.5. The SMILES string of the molecule is [C-]#[N+]c1ccc(-n2nccc2-c2cc(C(=O)NCCOCCOCCCC(=O)CCCCCNC(=O)NCCOCCOCCCC(=O)c3cc(-c4ccnn4-c4ccc(C#N)cc4)c(C)n(-c4cccc(C)c4)c3=O)c(=O)n(-c3cccc(C(F)(F)F)c3)c2C)cc1. The molecule has 3 N–H and O–H groups in total. The Kier molecular flexibility index (Phi) is 25.0. The van der Waals surface area contributed by atoms with E-state index in [4.69, 9.17) is 25.5 Å². The Morgan fingerprint density at radius 1 is 0.559 bits per heavy atom. The molecular formula is C69H72F3N11O10. The van der Waals surface area contributed by atoms with Gasteiger partial charge in [0.25, 0.3) is 17.0 Å². The second kappa shape index (κ2) is 33.8. The van der Waals surface area contributed by atoms with E-state index in [9.17, 15) is 47.2 Å². The highest BCUT2D eigenvalue weighted by molar-refractivity contribution is 5.97. The van der Waals surface area contributed by atoms with Crippen molar-refractivity contribution in [1.82, 2.24) is 44.6 Å². The topological polar surface area (TPSA) is 249 Å².